The molecule has 2 rings (SSSR count). The third-order valence-corrected chi connectivity index (χ3v) is 4.88. The van der Waals surface area contributed by atoms with E-state index in [-0.39, 0.29) is 12.4 Å². The number of fused-ring (bicyclic) bond motifs is 1. The average Bonchev–Trinajstić information content (AvgIpc) is 2.56. The molecule has 132 valence electrons. The summed E-state index contributed by atoms with van der Waals surface area (Å²) in [6.07, 6.45) is 13.3. The molecule has 1 unspecified atom stereocenters. The van der Waals surface area contributed by atoms with Crippen LogP contribution in [0.4, 0.5) is 0 Å². The van der Waals surface area contributed by atoms with E-state index in [1.54, 1.807) is 7.11 Å². The lowest BCUT2D eigenvalue weighted by Crippen LogP contribution is -2.35. The van der Waals surface area contributed by atoms with Crippen molar-refractivity contribution in [3.05, 3.63) is 29.3 Å². The van der Waals surface area contributed by atoms with Crippen LogP contribution in [0.5, 0.6) is 5.75 Å². The Morgan fingerprint density at radius 1 is 1.09 bits per heavy atom. The first-order valence-corrected chi connectivity index (χ1v) is 9.23. The second kappa shape index (κ2) is 11.8. The Bertz CT molecular complexity index is 421. The van der Waals surface area contributed by atoms with E-state index < -0.39 is 0 Å². The number of benzene rings is 1. The number of methoxy groups -OCH3 is 1. The number of hydrogen-bond acceptors (Lipinski definition) is 2. The first-order chi connectivity index (χ1) is 10.8. The SMILES string of the molecule is CCCCCCCCCNC1CCc2cccc(OC)c2C1.Cl. The summed E-state index contributed by atoms with van der Waals surface area (Å²) < 4.78 is 5.52. The molecule has 0 amide bonds. The van der Waals surface area contributed by atoms with Crippen LogP contribution in [0.2, 0.25) is 0 Å². The van der Waals surface area contributed by atoms with Crippen molar-refractivity contribution >= 4 is 12.4 Å². The predicted molar refractivity (Wildman–Crippen MR) is 102 cm³/mol. The molecule has 0 aliphatic heterocycles. The molecule has 0 saturated heterocycles. The zero-order valence-electron chi connectivity index (χ0n) is 14.9. The summed E-state index contributed by atoms with van der Waals surface area (Å²) in [4.78, 5) is 0. The van der Waals surface area contributed by atoms with Crippen molar-refractivity contribution in [1.29, 1.82) is 0 Å². The topological polar surface area (TPSA) is 21.3 Å². The maximum Gasteiger partial charge on any atom is 0.122 e. The van der Waals surface area contributed by atoms with Crippen LogP contribution < -0.4 is 10.1 Å². The average molecular weight is 340 g/mol. The highest BCUT2D eigenvalue weighted by Gasteiger charge is 2.20. The van der Waals surface area contributed by atoms with Crippen molar-refractivity contribution in [2.45, 2.75) is 77.2 Å². The van der Waals surface area contributed by atoms with Gasteiger partial charge in [0.05, 0.1) is 7.11 Å². The van der Waals surface area contributed by atoms with Gasteiger partial charge in [0.1, 0.15) is 5.75 Å². The number of unbranched alkanes of at least 4 members (excludes halogenated alkanes) is 6. The summed E-state index contributed by atoms with van der Waals surface area (Å²) in [6.45, 7) is 3.45. The van der Waals surface area contributed by atoms with Crippen molar-refractivity contribution < 1.29 is 4.74 Å². The smallest absolute Gasteiger partial charge is 0.122 e. The van der Waals surface area contributed by atoms with Crippen molar-refractivity contribution in [3.63, 3.8) is 0 Å². The van der Waals surface area contributed by atoms with Gasteiger partial charge in [0.25, 0.3) is 0 Å². The second-order valence-corrected chi connectivity index (χ2v) is 6.61. The van der Waals surface area contributed by atoms with E-state index >= 15 is 0 Å². The summed E-state index contributed by atoms with van der Waals surface area (Å²) in [5.74, 6) is 1.07. The lowest BCUT2D eigenvalue weighted by atomic mass is 9.87. The molecule has 0 radical (unpaired) electrons. The first kappa shape index (κ1) is 20.3. The van der Waals surface area contributed by atoms with Crippen molar-refractivity contribution in [1.82, 2.24) is 5.32 Å². The van der Waals surface area contributed by atoms with E-state index in [0.29, 0.717) is 6.04 Å². The molecule has 1 aliphatic carbocycles. The van der Waals surface area contributed by atoms with Gasteiger partial charge in [-0.25, -0.2) is 0 Å². The van der Waals surface area contributed by atoms with Crippen LogP contribution in [0.1, 0.15) is 69.4 Å². The quantitative estimate of drug-likeness (QED) is 0.583. The number of rotatable bonds is 10. The van der Waals surface area contributed by atoms with E-state index in [1.165, 1.54) is 75.5 Å². The maximum absolute atomic E-state index is 5.52. The van der Waals surface area contributed by atoms with E-state index in [0.717, 1.165) is 12.2 Å². The zero-order chi connectivity index (χ0) is 15.6. The van der Waals surface area contributed by atoms with Gasteiger partial charge in [-0.15, -0.1) is 12.4 Å². The third kappa shape index (κ3) is 6.73. The molecule has 0 spiro atoms. The van der Waals surface area contributed by atoms with E-state index in [4.69, 9.17) is 4.74 Å². The normalized spacial score (nSPS) is 16.5. The molecule has 3 heteroatoms. The lowest BCUT2D eigenvalue weighted by molar-refractivity contribution is 0.392. The fourth-order valence-corrected chi connectivity index (χ4v) is 3.51. The molecule has 1 aliphatic rings. The Kier molecular flexibility index (Phi) is 10.4. The molecule has 0 aromatic heterocycles. The van der Waals surface area contributed by atoms with Crippen molar-refractivity contribution in [2.24, 2.45) is 0 Å². The Balaban J connectivity index is 0.00000264. The van der Waals surface area contributed by atoms with Gasteiger partial charge in [-0.3, -0.25) is 0 Å². The summed E-state index contributed by atoms with van der Waals surface area (Å²) in [6, 6.07) is 7.09. The molecule has 0 heterocycles. The molecule has 1 atom stereocenters. The maximum atomic E-state index is 5.52. The number of nitrogens with one attached hydrogen (secondary N) is 1. The molecule has 0 bridgehead atoms. The molecular formula is C20H34ClNO. The third-order valence-electron chi connectivity index (χ3n) is 4.88. The monoisotopic (exact) mass is 339 g/mol. The fourth-order valence-electron chi connectivity index (χ4n) is 3.51. The number of halogens is 1. The van der Waals surface area contributed by atoms with Gasteiger partial charge in [0.2, 0.25) is 0 Å². The van der Waals surface area contributed by atoms with Gasteiger partial charge in [-0.05, 0) is 49.4 Å². The zero-order valence-corrected chi connectivity index (χ0v) is 15.7. The molecule has 1 N–H and O–H groups in total. The van der Waals surface area contributed by atoms with Crippen LogP contribution in [0.15, 0.2) is 18.2 Å². The minimum Gasteiger partial charge on any atom is -0.496 e. The standard InChI is InChI=1S/C20H33NO.ClH/c1-3-4-5-6-7-8-9-15-21-18-14-13-17-11-10-12-20(22-2)19(17)16-18;/h10-12,18,21H,3-9,13-16H2,1-2H3;1H. The second-order valence-electron chi connectivity index (χ2n) is 6.61. The van der Waals surface area contributed by atoms with Gasteiger partial charge >= 0.3 is 0 Å². The Labute approximate surface area is 148 Å². The summed E-state index contributed by atoms with van der Waals surface area (Å²) in [5.41, 5.74) is 2.90. The van der Waals surface area contributed by atoms with Gasteiger partial charge < -0.3 is 10.1 Å². The molecule has 0 saturated carbocycles. The van der Waals surface area contributed by atoms with Gasteiger partial charge in [0.15, 0.2) is 0 Å². The Morgan fingerprint density at radius 3 is 2.57 bits per heavy atom. The number of aryl methyl sites for hydroxylation is 1. The van der Waals surface area contributed by atoms with E-state index in [2.05, 4.69) is 30.4 Å². The van der Waals surface area contributed by atoms with Gasteiger partial charge in [-0.2, -0.15) is 0 Å². The molecule has 1 aromatic carbocycles. The van der Waals surface area contributed by atoms with Gasteiger partial charge in [-0.1, -0.05) is 57.6 Å². The minimum absolute atomic E-state index is 0. The van der Waals surface area contributed by atoms with Crippen molar-refractivity contribution in [3.8, 4) is 5.75 Å². The van der Waals surface area contributed by atoms with Crippen LogP contribution in [0, 0.1) is 0 Å². The first-order valence-electron chi connectivity index (χ1n) is 9.23. The van der Waals surface area contributed by atoms with Crippen LogP contribution in [-0.4, -0.2) is 19.7 Å². The minimum atomic E-state index is 0. The summed E-state index contributed by atoms with van der Waals surface area (Å²) in [5, 5.41) is 3.76. The summed E-state index contributed by atoms with van der Waals surface area (Å²) >= 11 is 0. The largest absolute Gasteiger partial charge is 0.496 e. The van der Waals surface area contributed by atoms with Gasteiger partial charge in [0, 0.05) is 6.04 Å². The Hall–Kier alpha value is -0.730. The fraction of sp³-hybridized carbons (Fsp3) is 0.700. The highest BCUT2D eigenvalue weighted by molar-refractivity contribution is 5.85. The van der Waals surface area contributed by atoms with E-state index in [9.17, 15) is 0 Å². The Morgan fingerprint density at radius 2 is 1.83 bits per heavy atom. The highest BCUT2D eigenvalue weighted by atomic mass is 35.5. The predicted octanol–water partition coefficient (Wildman–Crippen LogP) is 5.31. The van der Waals surface area contributed by atoms with Crippen LogP contribution in [-0.2, 0) is 12.8 Å². The molecule has 23 heavy (non-hydrogen) atoms. The molecule has 2 nitrogen and oxygen atoms in total. The molecule has 1 aromatic rings. The number of hydrogen-bond donors (Lipinski definition) is 1. The highest BCUT2D eigenvalue weighted by Crippen LogP contribution is 2.29. The van der Waals surface area contributed by atoms with Crippen LogP contribution in [0.25, 0.3) is 0 Å². The lowest BCUT2D eigenvalue weighted by Gasteiger charge is -2.27. The number of ether oxygens (including phenoxy) is 1. The van der Waals surface area contributed by atoms with Crippen LogP contribution in [0.3, 0.4) is 0 Å². The molecule has 0 fully saturated rings. The summed E-state index contributed by atoms with van der Waals surface area (Å²) in [7, 11) is 1.78. The molecular weight excluding hydrogens is 306 g/mol. The van der Waals surface area contributed by atoms with Crippen LogP contribution >= 0.6 is 12.4 Å². The van der Waals surface area contributed by atoms with E-state index in [1.807, 2.05) is 0 Å². The van der Waals surface area contributed by atoms with Crippen molar-refractivity contribution in [2.75, 3.05) is 13.7 Å².